The first-order valence-corrected chi connectivity index (χ1v) is 20.0. The fraction of sp³-hybridized carbons (Fsp3) is 0.643. The van der Waals surface area contributed by atoms with E-state index in [1.54, 1.807) is 6.92 Å². The first-order chi connectivity index (χ1) is 22.9. The van der Waals surface area contributed by atoms with Gasteiger partial charge in [-0.15, -0.1) is 0 Å². The summed E-state index contributed by atoms with van der Waals surface area (Å²) in [5.41, 5.74) is 11.0. The van der Waals surface area contributed by atoms with Crippen LogP contribution in [0.2, 0.25) is 0 Å². The number of benzene rings is 2. The molecule has 282 valence electrons. The molecule has 0 saturated heterocycles. The lowest BCUT2D eigenvalue weighted by Crippen LogP contribution is -2.64. The number of hydrogen-bond donors (Lipinski definition) is 4. The lowest BCUT2D eigenvalue weighted by molar-refractivity contribution is -0.115. The molecule has 2 rings (SSSR count). The number of carbonyl (C=O) groups excluding carboxylic acids is 1. The molecule has 7 nitrogen and oxygen atoms in total. The molecule has 0 aliphatic heterocycles. The van der Waals surface area contributed by atoms with Crippen molar-refractivity contribution >= 4 is 15.9 Å². The minimum absolute atomic E-state index is 0.0298. The summed E-state index contributed by atoms with van der Waals surface area (Å²) < 4.78 is 30.8. The monoisotopic (exact) mass is 711 g/mol. The first kappa shape index (κ1) is 43.6. The Morgan fingerprint density at radius 1 is 0.800 bits per heavy atom. The summed E-state index contributed by atoms with van der Waals surface area (Å²) >= 11 is 0. The molecule has 2 unspecified atom stereocenters. The summed E-state index contributed by atoms with van der Waals surface area (Å²) in [5, 5.41) is 7.19. The van der Waals surface area contributed by atoms with Crippen LogP contribution in [0.3, 0.4) is 0 Å². The van der Waals surface area contributed by atoms with E-state index in [2.05, 4.69) is 102 Å². The molecular weight excluding hydrogens is 641 g/mol. The van der Waals surface area contributed by atoms with E-state index in [0.717, 1.165) is 16.7 Å². The Morgan fingerprint density at radius 2 is 1.30 bits per heavy atom. The molecule has 1 amide bonds. The van der Waals surface area contributed by atoms with Crippen LogP contribution >= 0.6 is 0 Å². The van der Waals surface area contributed by atoms with Gasteiger partial charge >= 0.3 is 0 Å². The van der Waals surface area contributed by atoms with Crippen molar-refractivity contribution < 1.29 is 13.2 Å². The van der Waals surface area contributed by atoms with Gasteiger partial charge in [-0.05, 0) is 84.2 Å². The fourth-order valence-electron chi connectivity index (χ4n) is 7.78. The summed E-state index contributed by atoms with van der Waals surface area (Å²) in [7, 11) is -0.243. The van der Waals surface area contributed by atoms with Crippen molar-refractivity contribution in [2.45, 2.75) is 143 Å². The van der Waals surface area contributed by atoms with Crippen LogP contribution in [0.4, 0.5) is 0 Å². The zero-order valence-corrected chi connectivity index (χ0v) is 34.8. The number of likely N-dealkylation sites (N-methyl/N-ethyl adjacent to an activating group) is 1. The van der Waals surface area contributed by atoms with Crippen LogP contribution < -0.4 is 21.1 Å². The standard InChI is InChI=1S/C42H70N4O3S/c1-25(2)30-23-33(27(5)6)38(34(24-30)28(7)8)50(48,49)46-40(47)29(9)22-32(26(3)4)37(44-15)35(41(10,11)12)36(43)39(45-16)42(13,14)31-20-18-17-19-21-31/h17-28,32,35-37,39,44-45H,43H2,1-16H3,(H,46,47)/b29-22+/t32-,35+,36?,37?,39-/m1/s1. The van der Waals surface area contributed by atoms with Gasteiger partial charge in [0.1, 0.15) is 0 Å². The largest absolute Gasteiger partial charge is 0.326 e. The van der Waals surface area contributed by atoms with Gasteiger partial charge in [-0.25, -0.2) is 13.1 Å². The van der Waals surface area contributed by atoms with Crippen LogP contribution in [-0.2, 0) is 20.2 Å². The Morgan fingerprint density at radius 3 is 1.68 bits per heavy atom. The molecule has 8 heteroatoms. The molecule has 0 aliphatic rings. The van der Waals surface area contributed by atoms with Crippen LogP contribution in [0.15, 0.2) is 59.0 Å². The van der Waals surface area contributed by atoms with Crippen molar-refractivity contribution in [1.82, 2.24) is 15.4 Å². The average Bonchev–Trinajstić information content (AvgIpc) is 3.01. The summed E-state index contributed by atoms with van der Waals surface area (Å²) in [6.07, 6.45) is 1.95. The molecular formula is C42H70N4O3S. The van der Waals surface area contributed by atoms with Gasteiger partial charge in [0.25, 0.3) is 15.9 Å². The van der Waals surface area contributed by atoms with Crippen molar-refractivity contribution in [3.05, 3.63) is 76.4 Å². The van der Waals surface area contributed by atoms with E-state index in [1.807, 2.05) is 66.1 Å². The second-order valence-corrected chi connectivity index (χ2v) is 18.9. The van der Waals surface area contributed by atoms with E-state index < -0.39 is 15.9 Å². The van der Waals surface area contributed by atoms with Crippen LogP contribution in [0.5, 0.6) is 0 Å². The highest BCUT2D eigenvalue weighted by Gasteiger charge is 2.46. The Hall–Kier alpha value is -2.52. The molecule has 0 radical (unpaired) electrons. The van der Waals surface area contributed by atoms with Gasteiger partial charge in [0.2, 0.25) is 0 Å². The summed E-state index contributed by atoms with van der Waals surface area (Å²) in [6.45, 7) is 29.3. The number of amides is 1. The Balaban J connectivity index is 2.62. The molecule has 0 aromatic heterocycles. The summed E-state index contributed by atoms with van der Waals surface area (Å²) in [4.78, 5) is 14.1. The smallest absolute Gasteiger partial charge is 0.264 e. The first-order valence-electron chi connectivity index (χ1n) is 18.5. The lowest BCUT2D eigenvalue weighted by Gasteiger charge is -2.50. The number of rotatable bonds is 16. The number of nitrogens with two attached hydrogens (primary N) is 1. The van der Waals surface area contributed by atoms with Crippen molar-refractivity contribution in [1.29, 1.82) is 0 Å². The van der Waals surface area contributed by atoms with E-state index in [0.29, 0.717) is 5.57 Å². The maximum Gasteiger partial charge on any atom is 0.264 e. The quantitative estimate of drug-likeness (QED) is 0.131. The topological polar surface area (TPSA) is 113 Å². The second kappa shape index (κ2) is 17.3. The van der Waals surface area contributed by atoms with Gasteiger partial charge in [0.05, 0.1) is 4.90 Å². The lowest BCUT2D eigenvalue weighted by atomic mass is 9.62. The SMILES string of the molecule is CNC([C@H](/C=C(\C)C(=O)NS(=O)(=O)c1c(C(C)C)cc(C(C)C)cc1C(C)C)C(C)C)[C@H](C(N)[C@@H](NC)C(C)(C)c1ccccc1)C(C)(C)C. The molecule has 50 heavy (non-hydrogen) atoms. The Bertz CT molecular complexity index is 1520. The molecule has 5 atom stereocenters. The third kappa shape index (κ3) is 10.1. The number of sulfonamides is 1. The zero-order valence-electron chi connectivity index (χ0n) is 34.0. The highest BCUT2D eigenvalue weighted by Crippen LogP contribution is 2.41. The van der Waals surface area contributed by atoms with Crippen LogP contribution in [-0.4, -0.2) is 46.5 Å². The molecule has 0 heterocycles. The van der Waals surface area contributed by atoms with Crippen LogP contribution in [0.25, 0.3) is 0 Å². The number of carbonyl (C=O) groups is 1. The predicted octanol–water partition coefficient (Wildman–Crippen LogP) is 8.22. The van der Waals surface area contributed by atoms with Gasteiger partial charge in [0.15, 0.2) is 0 Å². The van der Waals surface area contributed by atoms with Gasteiger partial charge in [-0.1, -0.05) is 139 Å². The van der Waals surface area contributed by atoms with Crippen LogP contribution in [0, 0.1) is 23.2 Å². The third-order valence-corrected chi connectivity index (χ3v) is 12.1. The molecule has 0 fully saturated rings. The van der Waals surface area contributed by atoms with Crippen molar-refractivity contribution in [3.8, 4) is 0 Å². The molecule has 0 spiro atoms. The van der Waals surface area contributed by atoms with E-state index in [9.17, 15) is 13.2 Å². The fourth-order valence-corrected chi connectivity index (χ4v) is 9.50. The summed E-state index contributed by atoms with van der Waals surface area (Å²) in [6, 6.07) is 14.0. The molecule has 2 aromatic carbocycles. The Kier molecular flexibility index (Phi) is 15.1. The third-order valence-electron chi connectivity index (χ3n) is 10.7. The predicted molar refractivity (Wildman–Crippen MR) is 212 cm³/mol. The van der Waals surface area contributed by atoms with E-state index in [-0.39, 0.29) is 69.4 Å². The van der Waals surface area contributed by atoms with Gasteiger partial charge < -0.3 is 16.4 Å². The van der Waals surface area contributed by atoms with Crippen molar-refractivity contribution in [3.63, 3.8) is 0 Å². The van der Waals surface area contributed by atoms with Crippen molar-refractivity contribution in [2.75, 3.05) is 14.1 Å². The van der Waals surface area contributed by atoms with Gasteiger partial charge in [-0.2, -0.15) is 0 Å². The molecule has 2 aromatic rings. The zero-order chi connectivity index (χ0) is 38.5. The van der Waals surface area contributed by atoms with E-state index >= 15 is 0 Å². The Labute approximate surface area is 306 Å². The molecule has 5 N–H and O–H groups in total. The van der Waals surface area contributed by atoms with E-state index in [1.165, 1.54) is 5.56 Å². The van der Waals surface area contributed by atoms with Crippen LogP contribution in [0.1, 0.15) is 137 Å². The summed E-state index contributed by atoms with van der Waals surface area (Å²) in [5.74, 6) is -0.481. The number of nitrogens with one attached hydrogen (secondary N) is 3. The average molecular weight is 711 g/mol. The van der Waals surface area contributed by atoms with Gasteiger partial charge in [0, 0.05) is 29.1 Å². The highest BCUT2D eigenvalue weighted by molar-refractivity contribution is 7.90. The number of hydrogen-bond acceptors (Lipinski definition) is 6. The molecule has 0 aliphatic carbocycles. The van der Waals surface area contributed by atoms with E-state index in [4.69, 9.17) is 5.73 Å². The van der Waals surface area contributed by atoms with Crippen molar-refractivity contribution in [2.24, 2.45) is 28.9 Å². The highest BCUT2D eigenvalue weighted by atomic mass is 32.2. The minimum Gasteiger partial charge on any atom is -0.326 e. The molecule has 0 bridgehead atoms. The van der Waals surface area contributed by atoms with Gasteiger partial charge in [-0.3, -0.25) is 4.79 Å². The second-order valence-electron chi connectivity index (χ2n) is 17.2. The normalized spacial score (nSPS) is 16.5. The maximum absolute atomic E-state index is 14.1. The molecule has 0 saturated carbocycles. The maximum atomic E-state index is 14.1. The minimum atomic E-state index is -4.17.